The smallest absolute Gasteiger partial charge is 0.129 e. The van der Waals surface area contributed by atoms with E-state index in [1.165, 1.54) is 89.9 Å². The van der Waals surface area contributed by atoms with Crippen LogP contribution in [0.25, 0.3) is 0 Å². The number of ether oxygens (including phenoxy) is 1. The normalized spacial score (nSPS) is 25.6. The summed E-state index contributed by atoms with van der Waals surface area (Å²) in [5, 5.41) is 38.8. The van der Waals surface area contributed by atoms with E-state index in [1.54, 1.807) is 0 Å². The maximum atomic E-state index is 9.99. The van der Waals surface area contributed by atoms with Gasteiger partial charge in [-0.3, -0.25) is 0 Å². The Kier molecular flexibility index (Phi) is 16.2. The minimum absolute atomic E-state index is 0.368. The van der Waals surface area contributed by atoms with Gasteiger partial charge in [-0.25, -0.2) is 0 Å². The van der Waals surface area contributed by atoms with Gasteiger partial charge in [-0.15, -0.1) is 0 Å². The highest BCUT2D eigenvalue weighted by atomic mass is 16.5. The Morgan fingerprint density at radius 3 is 1.45 bits per heavy atom. The Morgan fingerprint density at radius 2 is 1.03 bits per heavy atom. The Morgan fingerprint density at radius 1 is 0.621 bits per heavy atom. The first-order valence-electron chi connectivity index (χ1n) is 12.3. The standard InChI is InChI=1S/C24H47O5/c1-2-3-4-5-6-7-8-9-10-11-12-13-14-15-16-17-18-20-22(26)24(28)23(27)21(19-25)29-20/h21-28H,2-19H2,1H3/t21-,22+,23+,24-/m1/s1. The second kappa shape index (κ2) is 17.5. The lowest BCUT2D eigenvalue weighted by Gasteiger charge is -2.39. The highest BCUT2D eigenvalue weighted by Crippen LogP contribution is 2.30. The van der Waals surface area contributed by atoms with Crippen LogP contribution in [0.3, 0.4) is 0 Å². The summed E-state index contributed by atoms with van der Waals surface area (Å²) in [5.74, 6) is 0. The summed E-state index contributed by atoms with van der Waals surface area (Å²) in [6.45, 7) is 1.90. The number of aliphatic hydroxyl groups excluding tert-OH is 4. The summed E-state index contributed by atoms with van der Waals surface area (Å²) in [7, 11) is 0. The molecule has 1 saturated heterocycles. The van der Waals surface area contributed by atoms with Crippen molar-refractivity contribution >= 4 is 0 Å². The van der Waals surface area contributed by atoms with Gasteiger partial charge in [-0.2, -0.15) is 0 Å². The summed E-state index contributed by atoms with van der Waals surface area (Å²) in [5.41, 5.74) is 0. The lowest BCUT2D eigenvalue weighted by molar-refractivity contribution is -0.192. The molecule has 5 heteroatoms. The van der Waals surface area contributed by atoms with Crippen molar-refractivity contribution in [3.05, 3.63) is 6.10 Å². The van der Waals surface area contributed by atoms with E-state index in [0.717, 1.165) is 12.8 Å². The van der Waals surface area contributed by atoms with Gasteiger partial charge in [0.2, 0.25) is 0 Å². The first kappa shape index (κ1) is 26.8. The molecule has 1 heterocycles. The van der Waals surface area contributed by atoms with Crippen molar-refractivity contribution in [2.75, 3.05) is 6.61 Å². The average Bonchev–Trinajstić information content (AvgIpc) is 2.73. The summed E-state index contributed by atoms with van der Waals surface area (Å²) >= 11 is 0. The SMILES string of the molecule is CCCCCCCCCCCCCCCCCC[C]1O[C@H](CO)[C@H](O)[C@H](O)[C@H]1O. The molecule has 0 aromatic carbocycles. The van der Waals surface area contributed by atoms with Crippen LogP contribution in [0.15, 0.2) is 0 Å². The van der Waals surface area contributed by atoms with Crippen molar-refractivity contribution < 1.29 is 25.2 Å². The average molecular weight is 416 g/mol. The van der Waals surface area contributed by atoms with E-state index in [2.05, 4.69) is 6.92 Å². The number of rotatable bonds is 18. The molecule has 0 bridgehead atoms. The van der Waals surface area contributed by atoms with Crippen LogP contribution in [0, 0.1) is 6.10 Å². The molecule has 5 nitrogen and oxygen atoms in total. The van der Waals surface area contributed by atoms with Gasteiger partial charge in [0.15, 0.2) is 0 Å². The van der Waals surface area contributed by atoms with Crippen molar-refractivity contribution in [2.24, 2.45) is 0 Å². The first-order chi connectivity index (χ1) is 14.1. The Bertz CT molecular complexity index is 363. The van der Waals surface area contributed by atoms with Gasteiger partial charge >= 0.3 is 0 Å². The fourth-order valence-corrected chi connectivity index (χ4v) is 4.13. The minimum atomic E-state index is -1.28. The summed E-state index contributed by atoms with van der Waals surface area (Å²) in [4.78, 5) is 0. The van der Waals surface area contributed by atoms with Crippen molar-refractivity contribution in [1.29, 1.82) is 0 Å². The topological polar surface area (TPSA) is 90.2 Å². The molecular formula is C24H47O5. The first-order valence-corrected chi connectivity index (χ1v) is 12.3. The van der Waals surface area contributed by atoms with Crippen LogP contribution in [-0.4, -0.2) is 51.4 Å². The Balaban J connectivity index is 1.88. The molecule has 0 saturated carbocycles. The Labute approximate surface area is 178 Å². The van der Waals surface area contributed by atoms with E-state index in [0.29, 0.717) is 12.5 Å². The summed E-state index contributed by atoms with van der Waals surface area (Å²) in [6.07, 6.45) is 17.4. The molecular weight excluding hydrogens is 368 g/mol. The highest BCUT2D eigenvalue weighted by Gasteiger charge is 2.43. The van der Waals surface area contributed by atoms with Crippen LogP contribution >= 0.6 is 0 Å². The van der Waals surface area contributed by atoms with Gasteiger partial charge in [-0.1, -0.05) is 110 Å². The maximum Gasteiger partial charge on any atom is 0.129 e. The number of hydrogen-bond acceptors (Lipinski definition) is 5. The molecule has 1 rings (SSSR count). The number of hydrogen-bond donors (Lipinski definition) is 4. The quantitative estimate of drug-likeness (QED) is 0.245. The van der Waals surface area contributed by atoms with Crippen LogP contribution in [0.4, 0.5) is 0 Å². The van der Waals surface area contributed by atoms with Gasteiger partial charge in [0.05, 0.1) is 6.61 Å². The maximum absolute atomic E-state index is 9.99. The third-order valence-electron chi connectivity index (χ3n) is 6.14. The van der Waals surface area contributed by atoms with Gasteiger partial charge in [0.25, 0.3) is 0 Å². The molecule has 0 aliphatic carbocycles. The second-order valence-electron chi connectivity index (χ2n) is 8.78. The van der Waals surface area contributed by atoms with Crippen molar-refractivity contribution in [3.63, 3.8) is 0 Å². The predicted octanol–water partition coefficient (Wildman–Crippen LogP) is 4.64. The number of aliphatic hydroxyl groups is 4. The summed E-state index contributed by atoms with van der Waals surface area (Å²) in [6, 6.07) is 0. The molecule has 0 unspecified atom stereocenters. The van der Waals surface area contributed by atoms with Crippen LogP contribution in [0.5, 0.6) is 0 Å². The highest BCUT2D eigenvalue weighted by molar-refractivity contribution is 5.01. The molecule has 173 valence electrons. The van der Waals surface area contributed by atoms with Gasteiger partial charge in [0.1, 0.15) is 30.5 Å². The molecule has 29 heavy (non-hydrogen) atoms. The van der Waals surface area contributed by atoms with E-state index in [1.807, 2.05) is 0 Å². The van der Waals surface area contributed by atoms with Crippen LogP contribution in [0.1, 0.15) is 116 Å². The molecule has 4 N–H and O–H groups in total. The molecule has 1 aliphatic heterocycles. The fourth-order valence-electron chi connectivity index (χ4n) is 4.13. The second-order valence-corrected chi connectivity index (χ2v) is 8.78. The van der Waals surface area contributed by atoms with Crippen molar-refractivity contribution in [3.8, 4) is 0 Å². The van der Waals surface area contributed by atoms with Gasteiger partial charge in [0, 0.05) is 0 Å². The minimum Gasteiger partial charge on any atom is -0.394 e. The lowest BCUT2D eigenvalue weighted by Crippen LogP contribution is -2.55. The fraction of sp³-hybridized carbons (Fsp3) is 0.958. The van der Waals surface area contributed by atoms with E-state index < -0.39 is 24.4 Å². The van der Waals surface area contributed by atoms with E-state index in [9.17, 15) is 20.4 Å². The molecule has 0 aromatic heterocycles. The van der Waals surface area contributed by atoms with Crippen molar-refractivity contribution in [2.45, 2.75) is 140 Å². The molecule has 0 aromatic rings. The number of unbranched alkanes of at least 4 members (excludes halogenated alkanes) is 15. The van der Waals surface area contributed by atoms with E-state index in [-0.39, 0.29) is 6.61 Å². The zero-order valence-electron chi connectivity index (χ0n) is 18.7. The van der Waals surface area contributed by atoms with Gasteiger partial charge < -0.3 is 25.2 Å². The van der Waals surface area contributed by atoms with E-state index >= 15 is 0 Å². The molecule has 4 atom stereocenters. The monoisotopic (exact) mass is 415 g/mol. The molecule has 0 amide bonds. The molecule has 1 fully saturated rings. The summed E-state index contributed by atoms with van der Waals surface area (Å²) < 4.78 is 5.46. The molecule has 1 aliphatic rings. The van der Waals surface area contributed by atoms with E-state index in [4.69, 9.17) is 4.74 Å². The largest absolute Gasteiger partial charge is 0.394 e. The van der Waals surface area contributed by atoms with Crippen LogP contribution < -0.4 is 0 Å². The van der Waals surface area contributed by atoms with Crippen molar-refractivity contribution in [1.82, 2.24) is 0 Å². The third kappa shape index (κ3) is 11.7. The van der Waals surface area contributed by atoms with Crippen LogP contribution in [-0.2, 0) is 4.74 Å². The molecule has 0 spiro atoms. The third-order valence-corrected chi connectivity index (χ3v) is 6.14. The molecule has 1 radical (unpaired) electrons. The van der Waals surface area contributed by atoms with Gasteiger partial charge in [-0.05, 0) is 6.42 Å². The lowest BCUT2D eigenvalue weighted by atomic mass is 9.92. The van der Waals surface area contributed by atoms with Crippen LogP contribution in [0.2, 0.25) is 0 Å². The zero-order valence-corrected chi connectivity index (χ0v) is 18.7. The predicted molar refractivity (Wildman–Crippen MR) is 117 cm³/mol. The zero-order chi connectivity index (χ0) is 21.3. The Hall–Kier alpha value is -0.200.